The van der Waals surface area contributed by atoms with Gasteiger partial charge in [-0.25, -0.2) is 9.48 Å². The summed E-state index contributed by atoms with van der Waals surface area (Å²) < 4.78 is 6.75. The fraction of sp³-hybridized carbons (Fsp3) is 0.208. The third-order valence-corrected chi connectivity index (χ3v) is 5.50. The summed E-state index contributed by atoms with van der Waals surface area (Å²) >= 11 is 1.81. The van der Waals surface area contributed by atoms with Crippen LogP contribution in [0.15, 0.2) is 71.3 Å². The molecular formula is C24H23N3O2S. The van der Waals surface area contributed by atoms with Gasteiger partial charge in [-0.2, -0.15) is 10.4 Å². The van der Waals surface area contributed by atoms with Crippen LogP contribution < -0.4 is 0 Å². The number of esters is 1. The summed E-state index contributed by atoms with van der Waals surface area (Å²) in [6, 6.07) is 19.8. The molecule has 0 aliphatic rings. The van der Waals surface area contributed by atoms with Crippen LogP contribution in [-0.4, -0.2) is 28.1 Å². The summed E-state index contributed by atoms with van der Waals surface area (Å²) in [6.45, 7) is 4.08. The van der Waals surface area contributed by atoms with E-state index in [0.717, 1.165) is 23.4 Å². The van der Waals surface area contributed by atoms with Crippen molar-refractivity contribution in [2.45, 2.75) is 25.2 Å². The van der Waals surface area contributed by atoms with Crippen molar-refractivity contribution >= 4 is 23.8 Å². The van der Waals surface area contributed by atoms with Gasteiger partial charge in [0.05, 0.1) is 18.0 Å². The summed E-state index contributed by atoms with van der Waals surface area (Å²) in [7, 11) is 0. The standard InChI is InChI=1S/C24H23N3O2S/c1-3-14-30-22-12-10-18(11-13-22)23-20(15-19(16-25)24(28)29-4-2)17-27(26-23)21-8-6-5-7-9-21/h5-13,15,17H,3-4,14H2,1-2H3/b19-15-. The molecule has 0 amide bonds. The Balaban J connectivity index is 2.05. The highest BCUT2D eigenvalue weighted by Gasteiger charge is 2.15. The summed E-state index contributed by atoms with van der Waals surface area (Å²) in [4.78, 5) is 13.3. The van der Waals surface area contributed by atoms with Crippen molar-refractivity contribution in [3.05, 3.63) is 71.9 Å². The van der Waals surface area contributed by atoms with E-state index in [2.05, 4.69) is 19.1 Å². The normalized spacial score (nSPS) is 11.2. The lowest BCUT2D eigenvalue weighted by molar-refractivity contribution is -0.137. The Kier molecular flexibility index (Phi) is 7.47. The third kappa shape index (κ3) is 5.19. The number of aromatic nitrogens is 2. The topological polar surface area (TPSA) is 67.9 Å². The highest BCUT2D eigenvalue weighted by molar-refractivity contribution is 7.99. The van der Waals surface area contributed by atoms with Gasteiger partial charge in [-0.15, -0.1) is 11.8 Å². The molecule has 0 radical (unpaired) electrons. The molecule has 0 unspecified atom stereocenters. The first-order valence-corrected chi connectivity index (χ1v) is 10.8. The number of benzene rings is 2. The summed E-state index contributed by atoms with van der Waals surface area (Å²) in [5.74, 6) is 0.436. The molecule has 0 saturated carbocycles. The SMILES string of the molecule is CCCSc1ccc(-c2nn(-c3ccccc3)cc2/C=C(/C#N)C(=O)OCC)cc1. The molecule has 1 heterocycles. The van der Waals surface area contributed by atoms with E-state index in [0.29, 0.717) is 11.3 Å². The van der Waals surface area contributed by atoms with Crippen LogP contribution in [0.4, 0.5) is 0 Å². The van der Waals surface area contributed by atoms with Crippen molar-refractivity contribution in [1.29, 1.82) is 5.26 Å². The van der Waals surface area contributed by atoms with Crippen molar-refractivity contribution in [1.82, 2.24) is 9.78 Å². The number of nitriles is 1. The number of ether oxygens (including phenoxy) is 1. The third-order valence-electron chi connectivity index (χ3n) is 4.28. The second-order valence-electron chi connectivity index (χ2n) is 6.48. The number of para-hydroxylation sites is 1. The van der Waals surface area contributed by atoms with Crippen LogP contribution in [0.2, 0.25) is 0 Å². The Morgan fingerprint density at radius 3 is 2.53 bits per heavy atom. The van der Waals surface area contributed by atoms with Gasteiger partial charge in [0.1, 0.15) is 11.6 Å². The molecule has 152 valence electrons. The zero-order valence-corrected chi connectivity index (χ0v) is 17.9. The number of thioether (sulfide) groups is 1. The molecule has 3 aromatic rings. The fourth-order valence-corrected chi connectivity index (χ4v) is 3.63. The Bertz CT molecular complexity index is 1060. The fourth-order valence-electron chi connectivity index (χ4n) is 2.86. The Labute approximate surface area is 181 Å². The van der Waals surface area contributed by atoms with E-state index in [9.17, 15) is 10.1 Å². The molecule has 0 atom stereocenters. The molecule has 0 spiro atoms. The number of hydrogen-bond acceptors (Lipinski definition) is 5. The maximum absolute atomic E-state index is 12.1. The minimum absolute atomic E-state index is 0.0548. The van der Waals surface area contributed by atoms with Crippen LogP contribution in [0.5, 0.6) is 0 Å². The second kappa shape index (κ2) is 10.5. The quantitative estimate of drug-likeness (QED) is 0.209. The number of nitrogens with zero attached hydrogens (tertiary/aromatic N) is 3. The smallest absolute Gasteiger partial charge is 0.348 e. The van der Waals surface area contributed by atoms with Gasteiger partial charge in [0.15, 0.2) is 0 Å². The number of carbonyl (C=O) groups is 1. The Morgan fingerprint density at radius 2 is 1.90 bits per heavy atom. The van der Waals surface area contributed by atoms with E-state index in [1.807, 2.05) is 66.5 Å². The van der Waals surface area contributed by atoms with Gasteiger partial charge in [0.2, 0.25) is 0 Å². The molecule has 3 rings (SSSR count). The molecule has 6 heteroatoms. The van der Waals surface area contributed by atoms with Crippen LogP contribution in [0.3, 0.4) is 0 Å². The molecule has 1 aromatic heterocycles. The molecule has 30 heavy (non-hydrogen) atoms. The highest BCUT2D eigenvalue weighted by Crippen LogP contribution is 2.28. The van der Waals surface area contributed by atoms with Crippen molar-refractivity contribution in [3.63, 3.8) is 0 Å². The maximum Gasteiger partial charge on any atom is 0.348 e. The van der Waals surface area contributed by atoms with Gasteiger partial charge in [-0.1, -0.05) is 37.3 Å². The molecule has 0 aliphatic heterocycles. The molecule has 0 fully saturated rings. The zero-order chi connectivity index (χ0) is 21.3. The second-order valence-corrected chi connectivity index (χ2v) is 7.64. The van der Waals surface area contributed by atoms with Gasteiger partial charge in [-0.05, 0) is 49.4 Å². The van der Waals surface area contributed by atoms with E-state index in [4.69, 9.17) is 9.84 Å². The summed E-state index contributed by atoms with van der Waals surface area (Å²) in [5.41, 5.74) is 3.13. The zero-order valence-electron chi connectivity index (χ0n) is 17.0. The highest BCUT2D eigenvalue weighted by atomic mass is 32.2. The van der Waals surface area contributed by atoms with Gasteiger partial charge in [0, 0.05) is 22.2 Å². The first-order chi connectivity index (χ1) is 14.7. The van der Waals surface area contributed by atoms with E-state index < -0.39 is 5.97 Å². The van der Waals surface area contributed by atoms with Crippen LogP contribution in [0, 0.1) is 11.3 Å². The van der Waals surface area contributed by atoms with E-state index in [1.54, 1.807) is 17.7 Å². The Morgan fingerprint density at radius 1 is 1.17 bits per heavy atom. The molecule has 0 aliphatic carbocycles. The molecule has 0 saturated heterocycles. The summed E-state index contributed by atoms with van der Waals surface area (Å²) in [5, 5.41) is 14.2. The predicted molar refractivity (Wildman–Crippen MR) is 120 cm³/mol. The van der Waals surface area contributed by atoms with Crippen LogP contribution >= 0.6 is 11.8 Å². The first-order valence-electron chi connectivity index (χ1n) is 9.83. The van der Waals surface area contributed by atoms with Crippen molar-refractivity contribution in [2.24, 2.45) is 0 Å². The number of rotatable bonds is 8. The molecule has 0 N–H and O–H groups in total. The van der Waals surface area contributed by atoms with E-state index in [-0.39, 0.29) is 12.2 Å². The van der Waals surface area contributed by atoms with E-state index >= 15 is 0 Å². The molecule has 5 nitrogen and oxygen atoms in total. The lowest BCUT2D eigenvalue weighted by Gasteiger charge is -2.04. The average Bonchev–Trinajstić information content (AvgIpc) is 3.21. The number of hydrogen-bond donors (Lipinski definition) is 0. The molecule has 0 bridgehead atoms. The van der Waals surface area contributed by atoms with Crippen molar-refractivity contribution in [3.8, 4) is 23.0 Å². The molecule has 2 aromatic carbocycles. The molecular weight excluding hydrogens is 394 g/mol. The minimum atomic E-state index is -0.635. The number of carbonyl (C=O) groups excluding carboxylic acids is 1. The van der Waals surface area contributed by atoms with Crippen LogP contribution in [0.25, 0.3) is 23.0 Å². The summed E-state index contributed by atoms with van der Waals surface area (Å²) in [6.07, 6.45) is 4.48. The maximum atomic E-state index is 12.1. The van der Waals surface area contributed by atoms with Gasteiger partial charge in [-0.3, -0.25) is 0 Å². The van der Waals surface area contributed by atoms with Crippen molar-refractivity contribution < 1.29 is 9.53 Å². The van der Waals surface area contributed by atoms with Gasteiger partial charge >= 0.3 is 5.97 Å². The van der Waals surface area contributed by atoms with Crippen LogP contribution in [-0.2, 0) is 9.53 Å². The largest absolute Gasteiger partial charge is 0.462 e. The first kappa shape index (κ1) is 21.4. The lowest BCUT2D eigenvalue weighted by Crippen LogP contribution is -2.06. The van der Waals surface area contributed by atoms with Gasteiger partial charge in [0.25, 0.3) is 0 Å². The minimum Gasteiger partial charge on any atom is -0.462 e. The van der Waals surface area contributed by atoms with Crippen LogP contribution in [0.1, 0.15) is 25.8 Å². The van der Waals surface area contributed by atoms with E-state index in [1.165, 1.54) is 4.90 Å². The van der Waals surface area contributed by atoms with Gasteiger partial charge < -0.3 is 4.74 Å². The lowest BCUT2D eigenvalue weighted by atomic mass is 10.1. The predicted octanol–water partition coefficient (Wildman–Crippen LogP) is 5.51. The monoisotopic (exact) mass is 417 g/mol. The Hall–Kier alpha value is -3.30. The van der Waals surface area contributed by atoms with Crippen molar-refractivity contribution in [2.75, 3.05) is 12.4 Å². The average molecular weight is 418 g/mol.